The minimum Gasteiger partial charge on any atom is -0.465 e. The molecule has 0 bridgehead atoms. The predicted octanol–water partition coefficient (Wildman–Crippen LogP) is -0.803. The summed E-state index contributed by atoms with van der Waals surface area (Å²) in [5.41, 5.74) is 0. The zero-order valence-corrected chi connectivity index (χ0v) is 6.68. The Morgan fingerprint density at radius 1 is 1.25 bits per heavy atom. The fraction of sp³-hybridized carbons (Fsp3) is 0.857. The van der Waals surface area contributed by atoms with E-state index in [0.717, 1.165) is 0 Å². The average Bonchev–Trinajstić information content (AvgIpc) is 2.46. The van der Waals surface area contributed by atoms with E-state index in [9.17, 15) is 4.79 Å². The van der Waals surface area contributed by atoms with Crippen LogP contribution in [0.2, 0.25) is 0 Å². The Labute approximate surface area is 70.2 Å². The summed E-state index contributed by atoms with van der Waals surface area (Å²) in [6.45, 7) is 0.540. The van der Waals surface area contributed by atoms with Gasteiger partial charge in [0.15, 0.2) is 0 Å². The van der Waals surface area contributed by atoms with Crippen LogP contribution in [0.15, 0.2) is 0 Å². The lowest BCUT2D eigenvalue weighted by atomic mass is 9.98. The number of rotatable bonds is 2. The van der Waals surface area contributed by atoms with Crippen molar-refractivity contribution in [3.8, 4) is 0 Å². The number of hydrogen-bond acceptors (Lipinski definition) is 3. The van der Waals surface area contributed by atoms with E-state index >= 15 is 0 Å². The number of aliphatic hydroxyl groups excluding tert-OH is 2. The second-order valence-corrected chi connectivity index (χ2v) is 3.07. The Morgan fingerprint density at radius 2 is 1.67 bits per heavy atom. The van der Waals surface area contributed by atoms with Gasteiger partial charge in [-0.3, -0.25) is 0 Å². The Hall–Kier alpha value is -0.810. The first-order valence-corrected chi connectivity index (χ1v) is 3.88. The lowest BCUT2D eigenvalue weighted by Crippen LogP contribution is -2.27. The SMILES string of the molecule is O=C(O)N1C[C@@H](CO)[C@H](CO)C1. The molecule has 1 aliphatic rings. The van der Waals surface area contributed by atoms with Gasteiger partial charge >= 0.3 is 6.09 Å². The zero-order chi connectivity index (χ0) is 9.14. The number of likely N-dealkylation sites (tertiary alicyclic amines) is 1. The third kappa shape index (κ3) is 1.67. The van der Waals surface area contributed by atoms with Crippen LogP contribution in [0.3, 0.4) is 0 Å². The minimum absolute atomic E-state index is 0.0605. The van der Waals surface area contributed by atoms with E-state index in [0.29, 0.717) is 13.1 Å². The van der Waals surface area contributed by atoms with Crippen molar-refractivity contribution in [3.05, 3.63) is 0 Å². The Bertz CT molecular complexity index is 161. The Morgan fingerprint density at radius 3 is 1.92 bits per heavy atom. The Balaban J connectivity index is 2.53. The van der Waals surface area contributed by atoms with Crippen molar-refractivity contribution in [1.82, 2.24) is 4.90 Å². The van der Waals surface area contributed by atoms with Crippen LogP contribution in [0.4, 0.5) is 4.79 Å². The largest absolute Gasteiger partial charge is 0.465 e. The number of carbonyl (C=O) groups is 1. The molecule has 12 heavy (non-hydrogen) atoms. The first-order chi connectivity index (χ1) is 5.69. The van der Waals surface area contributed by atoms with Crippen molar-refractivity contribution >= 4 is 6.09 Å². The van der Waals surface area contributed by atoms with Gasteiger partial charge in [0.2, 0.25) is 0 Å². The molecule has 70 valence electrons. The molecule has 3 N–H and O–H groups in total. The summed E-state index contributed by atoms with van der Waals surface area (Å²) in [6, 6.07) is 0. The smallest absolute Gasteiger partial charge is 0.407 e. The van der Waals surface area contributed by atoms with Crippen molar-refractivity contribution in [3.63, 3.8) is 0 Å². The maximum atomic E-state index is 10.5. The van der Waals surface area contributed by atoms with Gasteiger partial charge in [-0.2, -0.15) is 0 Å². The maximum Gasteiger partial charge on any atom is 0.407 e. The van der Waals surface area contributed by atoms with Gasteiger partial charge in [-0.25, -0.2) is 4.79 Å². The molecule has 1 aliphatic heterocycles. The van der Waals surface area contributed by atoms with Crippen LogP contribution in [0.25, 0.3) is 0 Å². The van der Waals surface area contributed by atoms with Crippen LogP contribution in [-0.4, -0.2) is 52.6 Å². The molecule has 1 saturated heterocycles. The summed E-state index contributed by atoms with van der Waals surface area (Å²) in [6.07, 6.45) is -0.982. The number of amides is 1. The molecule has 2 atom stereocenters. The summed E-state index contributed by atoms with van der Waals surface area (Å²) in [5.74, 6) is -0.211. The van der Waals surface area contributed by atoms with Crippen molar-refractivity contribution in [2.75, 3.05) is 26.3 Å². The highest BCUT2D eigenvalue weighted by molar-refractivity contribution is 5.65. The third-order valence-electron chi connectivity index (χ3n) is 2.32. The Kier molecular flexibility index (Phi) is 2.88. The van der Waals surface area contributed by atoms with Crippen LogP contribution < -0.4 is 0 Å². The zero-order valence-electron chi connectivity index (χ0n) is 6.68. The van der Waals surface area contributed by atoms with Gasteiger partial charge in [-0.1, -0.05) is 0 Å². The molecule has 0 aromatic rings. The van der Waals surface area contributed by atoms with E-state index in [1.165, 1.54) is 4.90 Å². The molecular weight excluding hydrogens is 162 g/mol. The first kappa shape index (κ1) is 9.28. The van der Waals surface area contributed by atoms with Gasteiger partial charge < -0.3 is 20.2 Å². The van der Waals surface area contributed by atoms with E-state index in [2.05, 4.69) is 0 Å². The van der Waals surface area contributed by atoms with Gasteiger partial charge in [0, 0.05) is 38.1 Å². The van der Waals surface area contributed by atoms with Gasteiger partial charge in [0.25, 0.3) is 0 Å². The van der Waals surface area contributed by atoms with E-state index in [1.54, 1.807) is 0 Å². The second-order valence-electron chi connectivity index (χ2n) is 3.07. The molecule has 0 radical (unpaired) electrons. The molecule has 0 aliphatic carbocycles. The van der Waals surface area contributed by atoms with Crippen LogP contribution in [-0.2, 0) is 0 Å². The van der Waals surface area contributed by atoms with Gasteiger partial charge in [-0.05, 0) is 0 Å². The third-order valence-corrected chi connectivity index (χ3v) is 2.32. The number of carboxylic acid groups (broad SMARTS) is 1. The van der Waals surface area contributed by atoms with Crippen LogP contribution in [0.1, 0.15) is 0 Å². The van der Waals surface area contributed by atoms with Crippen molar-refractivity contribution < 1.29 is 20.1 Å². The number of hydrogen-bond donors (Lipinski definition) is 3. The highest BCUT2D eigenvalue weighted by Gasteiger charge is 2.33. The maximum absolute atomic E-state index is 10.5. The molecule has 0 aromatic carbocycles. The molecule has 0 aromatic heterocycles. The van der Waals surface area contributed by atoms with Crippen molar-refractivity contribution in [1.29, 1.82) is 0 Å². The molecular formula is C7H13NO4. The van der Waals surface area contributed by atoms with Crippen molar-refractivity contribution in [2.45, 2.75) is 0 Å². The topological polar surface area (TPSA) is 81.0 Å². The monoisotopic (exact) mass is 175 g/mol. The summed E-state index contributed by atoms with van der Waals surface area (Å²) in [7, 11) is 0. The standard InChI is InChI=1S/C7H13NO4/c9-3-5-1-8(7(11)12)2-6(5)4-10/h5-6,9-10H,1-4H2,(H,11,12)/t5-,6-/m0/s1. The van der Waals surface area contributed by atoms with Gasteiger partial charge in [0.05, 0.1) is 0 Å². The summed E-state index contributed by atoms with van der Waals surface area (Å²) >= 11 is 0. The highest BCUT2D eigenvalue weighted by atomic mass is 16.4. The molecule has 0 saturated carbocycles. The fourth-order valence-electron chi connectivity index (χ4n) is 1.51. The lowest BCUT2D eigenvalue weighted by molar-refractivity contribution is 0.150. The summed E-state index contributed by atoms with van der Waals surface area (Å²) in [5, 5.41) is 26.3. The number of nitrogens with zero attached hydrogens (tertiary/aromatic N) is 1. The lowest BCUT2D eigenvalue weighted by Gasteiger charge is -2.10. The molecule has 0 unspecified atom stereocenters. The van der Waals surface area contributed by atoms with Gasteiger partial charge in [-0.15, -0.1) is 0 Å². The summed E-state index contributed by atoms with van der Waals surface area (Å²) < 4.78 is 0. The van der Waals surface area contributed by atoms with Crippen molar-refractivity contribution in [2.24, 2.45) is 11.8 Å². The second kappa shape index (κ2) is 3.73. The quantitative estimate of drug-likeness (QED) is 0.513. The first-order valence-electron chi connectivity index (χ1n) is 3.88. The molecule has 1 fully saturated rings. The van der Waals surface area contributed by atoms with Crippen LogP contribution >= 0.6 is 0 Å². The molecule has 1 amide bonds. The fourth-order valence-corrected chi connectivity index (χ4v) is 1.51. The minimum atomic E-state index is -0.982. The molecule has 0 spiro atoms. The number of aliphatic hydroxyl groups is 2. The normalized spacial score (nSPS) is 29.3. The van der Waals surface area contributed by atoms with Gasteiger partial charge in [0.1, 0.15) is 0 Å². The van der Waals surface area contributed by atoms with Crippen LogP contribution in [0, 0.1) is 11.8 Å². The highest BCUT2D eigenvalue weighted by Crippen LogP contribution is 2.22. The average molecular weight is 175 g/mol. The van der Waals surface area contributed by atoms with E-state index in [1.807, 2.05) is 0 Å². The van der Waals surface area contributed by atoms with E-state index in [4.69, 9.17) is 15.3 Å². The summed E-state index contributed by atoms with van der Waals surface area (Å²) in [4.78, 5) is 11.7. The van der Waals surface area contributed by atoms with E-state index in [-0.39, 0.29) is 25.0 Å². The predicted molar refractivity (Wildman–Crippen MR) is 40.7 cm³/mol. The molecule has 1 heterocycles. The van der Waals surface area contributed by atoms with E-state index < -0.39 is 6.09 Å². The molecule has 1 rings (SSSR count). The van der Waals surface area contributed by atoms with Crippen LogP contribution in [0.5, 0.6) is 0 Å². The molecule has 5 heteroatoms. The molecule has 5 nitrogen and oxygen atoms in total.